The molecule has 3 heteroatoms. The molecular weight excluding hydrogens is 236 g/mol. The van der Waals surface area contributed by atoms with Crippen LogP contribution >= 0.6 is 0 Å². The smallest absolute Gasteiger partial charge is 0.251 e. The summed E-state index contributed by atoms with van der Waals surface area (Å²) in [6.07, 6.45) is 4.58. The average Bonchev–Trinajstić information content (AvgIpc) is 2.48. The molecule has 3 nitrogen and oxygen atoms in total. The first-order chi connectivity index (χ1) is 9.29. The Hall–Kier alpha value is -1.35. The number of hydrogen-bond acceptors (Lipinski definition) is 2. The van der Waals surface area contributed by atoms with E-state index < -0.39 is 0 Å². The number of carbonyl (C=O) groups excluding carboxylic acids is 1. The highest BCUT2D eigenvalue weighted by atomic mass is 16.1. The van der Waals surface area contributed by atoms with Gasteiger partial charge in [-0.2, -0.15) is 0 Å². The van der Waals surface area contributed by atoms with Crippen LogP contribution in [0.15, 0.2) is 24.3 Å². The lowest BCUT2D eigenvalue weighted by atomic mass is 9.95. The van der Waals surface area contributed by atoms with Crippen molar-refractivity contribution in [2.45, 2.75) is 32.6 Å². The van der Waals surface area contributed by atoms with Gasteiger partial charge < -0.3 is 10.6 Å². The van der Waals surface area contributed by atoms with E-state index in [9.17, 15) is 4.79 Å². The number of carbonyl (C=O) groups is 1. The molecule has 1 amide bonds. The minimum atomic E-state index is 0.0524. The summed E-state index contributed by atoms with van der Waals surface area (Å²) in [6, 6.07) is 7.89. The normalized spacial score (nSPS) is 16.3. The van der Waals surface area contributed by atoms with Gasteiger partial charge in [-0.1, -0.05) is 19.1 Å². The highest BCUT2D eigenvalue weighted by molar-refractivity contribution is 5.94. The molecule has 0 saturated carbocycles. The zero-order chi connectivity index (χ0) is 13.5. The summed E-state index contributed by atoms with van der Waals surface area (Å²) in [5.74, 6) is 0.820. The van der Waals surface area contributed by atoms with Crippen LogP contribution < -0.4 is 10.6 Å². The van der Waals surface area contributed by atoms with Gasteiger partial charge in [-0.3, -0.25) is 4.79 Å². The number of aryl methyl sites for hydroxylation is 1. The molecule has 2 N–H and O–H groups in total. The van der Waals surface area contributed by atoms with Gasteiger partial charge in [-0.15, -0.1) is 0 Å². The van der Waals surface area contributed by atoms with Gasteiger partial charge in [0.1, 0.15) is 0 Å². The fourth-order valence-electron chi connectivity index (χ4n) is 2.55. The lowest BCUT2D eigenvalue weighted by Crippen LogP contribution is -2.31. The van der Waals surface area contributed by atoms with E-state index in [1.165, 1.54) is 18.4 Å². The van der Waals surface area contributed by atoms with Gasteiger partial charge in [0.25, 0.3) is 5.91 Å². The maximum absolute atomic E-state index is 12.0. The summed E-state index contributed by atoms with van der Waals surface area (Å²) in [4.78, 5) is 12.0. The van der Waals surface area contributed by atoms with Crippen molar-refractivity contribution in [3.05, 3.63) is 35.4 Å². The molecule has 19 heavy (non-hydrogen) atoms. The Balaban J connectivity index is 1.73. The number of piperidine rings is 1. The molecule has 0 aromatic heterocycles. The first kappa shape index (κ1) is 14.1. The summed E-state index contributed by atoms with van der Waals surface area (Å²) >= 11 is 0. The van der Waals surface area contributed by atoms with Crippen molar-refractivity contribution < 1.29 is 4.79 Å². The summed E-state index contributed by atoms with van der Waals surface area (Å²) in [5, 5.41) is 6.39. The SMILES string of the molecule is CCc1ccc(C(=O)NCCC2CCNCC2)cc1. The Morgan fingerprint density at radius 3 is 2.58 bits per heavy atom. The predicted octanol–water partition coefficient (Wildman–Crippen LogP) is 2.37. The Labute approximate surface area is 115 Å². The van der Waals surface area contributed by atoms with Crippen LogP contribution in [0.5, 0.6) is 0 Å². The summed E-state index contributed by atoms with van der Waals surface area (Å²) in [6.45, 7) is 5.15. The molecule has 1 saturated heterocycles. The highest BCUT2D eigenvalue weighted by Gasteiger charge is 2.13. The van der Waals surface area contributed by atoms with Crippen molar-refractivity contribution in [3.63, 3.8) is 0 Å². The second-order valence-corrected chi connectivity index (χ2v) is 5.29. The lowest BCUT2D eigenvalue weighted by Gasteiger charge is -2.22. The van der Waals surface area contributed by atoms with Gasteiger partial charge >= 0.3 is 0 Å². The van der Waals surface area contributed by atoms with Crippen molar-refractivity contribution in [2.75, 3.05) is 19.6 Å². The molecule has 0 bridgehead atoms. The van der Waals surface area contributed by atoms with Gasteiger partial charge in [-0.05, 0) is 62.4 Å². The molecule has 1 aliphatic rings. The van der Waals surface area contributed by atoms with Crippen molar-refractivity contribution in [3.8, 4) is 0 Å². The Kier molecular flexibility index (Phi) is 5.40. The van der Waals surface area contributed by atoms with Crippen molar-refractivity contribution in [2.24, 2.45) is 5.92 Å². The maximum Gasteiger partial charge on any atom is 0.251 e. The largest absolute Gasteiger partial charge is 0.352 e. The first-order valence-electron chi connectivity index (χ1n) is 7.37. The van der Waals surface area contributed by atoms with E-state index in [2.05, 4.69) is 17.6 Å². The van der Waals surface area contributed by atoms with E-state index >= 15 is 0 Å². The van der Waals surface area contributed by atoms with Gasteiger partial charge in [0, 0.05) is 12.1 Å². The number of nitrogens with one attached hydrogen (secondary N) is 2. The molecule has 0 radical (unpaired) electrons. The molecule has 1 aromatic rings. The molecule has 2 rings (SSSR count). The van der Waals surface area contributed by atoms with E-state index in [4.69, 9.17) is 0 Å². The van der Waals surface area contributed by atoms with Crippen LogP contribution in [0.2, 0.25) is 0 Å². The number of benzene rings is 1. The molecule has 104 valence electrons. The number of hydrogen-bond donors (Lipinski definition) is 2. The minimum Gasteiger partial charge on any atom is -0.352 e. The van der Waals surface area contributed by atoms with Gasteiger partial charge in [0.05, 0.1) is 0 Å². The minimum absolute atomic E-state index is 0.0524. The van der Waals surface area contributed by atoms with E-state index in [0.717, 1.165) is 44.0 Å². The molecule has 1 aliphatic heterocycles. The fourth-order valence-corrected chi connectivity index (χ4v) is 2.55. The molecule has 0 atom stereocenters. The first-order valence-corrected chi connectivity index (χ1v) is 7.37. The van der Waals surface area contributed by atoms with Crippen LogP contribution in [-0.2, 0) is 6.42 Å². The second-order valence-electron chi connectivity index (χ2n) is 5.29. The molecule has 1 heterocycles. The standard InChI is InChI=1S/C16H24N2O/c1-2-13-3-5-15(6-4-13)16(19)18-12-9-14-7-10-17-11-8-14/h3-6,14,17H,2,7-12H2,1H3,(H,18,19). The van der Waals surface area contributed by atoms with Crippen LogP contribution in [0.1, 0.15) is 42.1 Å². The van der Waals surface area contributed by atoms with Crippen molar-refractivity contribution in [1.29, 1.82) is 0 Å². The monoisotopic (exact) mass is 260 g/mol. The number of rotatable bonds is 5. The second kappa shape index (κ2) is 7.29. The quantitative estimate of drug-likeness (QED) is 0.853. The van der Waals surface area contributed by atoms with Gasteiger partial charge in [-0.25, -0.2) is 0 Å². The fraction of sp³-hybridized carbons (Fsp3) is 0.562. The van der Waals surface area contributed by atoms with Crippen LogP contribution in [0, 0.1) is 5.92 Å². The third-order valence-electron chi connectivity index (χ3n) is 3.92. The maximum atomic E-state index is 12.0. The van der Waals surface area contributed by atoms with E-state index in [-0.39, 0.29) is 5.91 Å². The van der Waals surface area contributed by atoms with Crippen LogP contribution in [0.4, 0.5) is 0 Å². The van der Waals surface area contributed by atoms with Crippen LogP contribution in [0.3, 0.4) is 0 Å². The van der Waals surface area contributed by atoms with Crippen molar-refractivity contribution in [1.82, 2.24) is 10.6 Å². The zero-order valence-corrected chi connectivity index (χ0v) is 11.7. The molecule has 1 fully saturated rings. The summed E-state index contributed by atoms with van der Waals surface area (Å²) < 4.78 is 0. The van der Waals surface area contributed by atoms with Crippen LogP contribution in [-0.4, -0.2) is 25.5 Å². The van der Waals surface area contributed by atoms with E-state index in [1.54, 1.807) is 0 Å². The Morgan fingerprint density at radius 2 is 1.95 bits per heavy atom. The third kappa shape index (κ3) is 4.35. The third-order valence-corrected chi connectivity index (χ3v) is 3.92. The molecule has 1 aromatic carbocycles. The average molecular weight is 260 g/mol. The summed E-state index contributed by atoms with van der Waals surface area (Å²) in [7, 11) is 0. The molecule has 0 unspecified atom stereocenters. The lowest BCUT2D eigenvalue weighted by molar-refractivity contribution is 0.0950. The Bertz CT molecular complexity index is 394. The molecule has 0 aliphatic carbocycles. The predicted molar refractivity (Wildman–Crippen MR) is 78.4 cm³/mol. The van der Waals surface area contributed by atoms with E-state index in [1.807, 2.05) is 24.3 Å². The molecule has 0 spiro atoms. The van der Waals surface area contributed by atoms with Crippen LogP contribution in [0.25, 0.3) is 0 Å². The molecular formula is C16H24N2O. The summed E-state index contributed by atoms with van der Waals surface area (Å²) in [5.41, 5.74) is 2.04. The topological polar surface area (TPSA) is 41.1 Å². The van der Waals surface area contributed by atoms with Crippen molar-refractivity contribution >= 4 is 5.91 Å². The zero-order valence-electron chi connectivity index (χ0n) is 11.7. The highest BCUT2D eigenvalue weighted by Crippen LogP contribution is 2.14. The number of amides is 1. The van der Waals surface area contributed by atoms with Gasteiger partial charge in [0.15, 0.2) is 0 Å². The Morgan fingerprint density at radius 1 is 1.26 bits per heavy atom. The van der Waals surface area contributed by atoms with E-state index in [0.29, 0.717) is 0 Å². The van der Waals surface area contributed by atoms with Gasteiger partial charge in [0.2, 0.25) is 0 Å².